The lowest BCUT2D eigenvalue weighted by atomic mass is 10.1. The number of sulfonamides is 1. The molecule has 5 rings (SSSR count). The quantitative estimate of drug-likeness (QED) is 0.315. The topological polar surface area (TPSA) is 110 Å². The third-order valence-electron chi connectivity index (χ3n) is 6.30. The summed E-state index contributed by atoms with van der Waals surface area (Å²) in [6.07, 6.45) is 0. The molecule has 0 bridgehead atoms. The van der Waals surface area contributed by atoms with Crippen LogP contribution >= 0.6 is 12.4 Å². The van der Waals surface area contributed by atoms with Crippen LogP contribution < -0.4 is 14.9 Å². The summed E-state index contributed by atoms with van der Waals surface area (Å²) in [4.78, 5) is 17.6. The Labute approximate surface area is 228 Å². The molecule has 0 atom stereocenters. The van der Waals surface area contributed by atoms with Gasteiger partial charge in [-0.15, -0.1) is 12.4 Å². The minimum atomic E-state index is -3.70. The van der Waals surface area contributed by atoms with Gasteiger partial charge in [0, 0.05) is 54.7 Å². The zero-order valence-corrected chi connectivity index (χ0v) is 22.4. The molecule has 1 aliphatic rings. The summed E-state index contributed by atoms with van der Waals surface area (Å²) in [5, 5.41) is 9.92. The lowest BCUT2D eigenvalue weighted by molar-refractivity contribution is 0.102. The SMILES string of the molecule is CN1CCN(c2ccc(C(=O)Nc3cc(-c4cccc(NS(=O)(=O)c5ccccc5)c4)[nH]n3)cc2)CC1.Cl. The second-order valence-corrected chi connectivity index (χ2v) is 10.6. The summed E-state index contributed by atoms with van der Waals surface area (Å²) in [7, 11) is -1.58. The molecule has 9 nitrogen and oxygen atoms in total. The number of aromatic nitrogens is 2. The number of halogens is 1. The predicted octanol–water partition coefficient (Wildman–Crippen LogP) is 4.30. The molecular weight excluding hydrogens is 524 g/mol. The fourth-order valence-corrected chi connectivity index (χ4v) is 5.24. The Hall–Kier alpha value is -3.86. The van der Waals surface area contributed by atoms with Gasteiger partial charge in [-0.1, -0.05) is 30.3 Å². The molecule has 1 amide bonds. The van der Waals surface area contributed by atoms with E-state index in [1.807, 2.05) is 30.3 Å². The molecule has 3 aromatic carbocycles. The number of anilines is 3. The smallest absolute Gasteiger partial charge is 0.261 e. The van der Waals surface area contributed by atoms with Gasteiger partial charge < -0.3 is 15.1 Å². The summed E-state index contributed by atoms with van der Waals surface area (Å²) >= 11 is 0. The van der Waals surface area contributed by atoms with Gasteiger partial charge in [0.05, 0.1) is 10.6 Å². The Morgan fingerprint density at radius 1 is 0.895 bits per heavy atom. The number of aromatic amines is 1. The van der Waals surface area contributed by atoms with E-state index in [2.05, 4.69) is 37.1 Å². The van der Waals surface area contributed by atoms with Crippen LogP contribution in [0.25, 0.3) is 11.3 Å². The van der Waals surface area contributed by atoms with Crippen molar-refractivity contribution in [2.75, 3.05) is 48.2 Å². The molecule has 0 saturated carbocycles. The van der Waals surface area contributed by atoms with E-state index < -0.39 is 10.0 Å². The van der Waals surface area contributed by atoms with Crippen molar-refractivity contribution < 1.29 is 13.2 Å². The standard InChI is InChI=1S/C27H28N6O3S.ClH/c1-32-14-16-33(17-15-32)23-12-10-20(11-13-23)27(34)28-26-19-25(29-30-26)21-6-5-7-22(18-21)31-37(35,36)24-8-3-2-4-9-24;/h2-13,18-19,31H,14-17H2,1H3,(H2,28,29,30,34);1H. The summed E-state index contributed by atoms with van der Waals surface area (Å²) < 4.78 is 27.9. The molecule has 198 valence electrons. The minimum absolute atomic E-state index is 0. The van der Waals surface area contributed by atoms with Gasteiger partial charge in [-0.2, -0.15) is 5.10 Å². The van der Waals surface area contributed by atoms with Crippen LogP contribution in [0.3, 0.4) is 0 Å². The van der Waals surface area contributed by atoms with Gasteiger partial charge in [-0.05, 0) is 55.6 Å². The van der Waals surface area contributed by atoms with E-state index in [0.29, 0.717) is 22.8 Å². The van der Waals surface area contributed by atoms with Crippen molar-refractivity contribution >= 4 is 45.5 Å². The molecule has 1 aromatic heterocycles. The van der Waals surface area contributed by atoms with Crippen molar-refractivity contribution in [1.82, 2.24) is 15.1 Å². The van der Waals surface area contributed by atoms with Crippen molar-refractivity contribution in [3.8, 4) is 11.3 Å². The molecule has 1 saturated heterocycles. The van der Waals surface area contributed by atoms with Gasteiger partial charge in [0.25, 0.3) is 15.9 Å². The van der Waals surface area contributed by atoms with Crippen LogP contribution in [-0.2, 0) is 10.0 Å². The number of amides is 1. The second kappa shape index (κ2) is 11.7. The molecule has 38 heavy (non-hydrogen) atoms. The summed E-state index contributed by atoms with van der Waals surface area (Å²) in [5.41, 5.74) is 3.43. The Morgan fingerprint density at radius 2 is 1.61 bits per heavy atom. The summed E-state index contributed by atoms with van der Waals surface area (Å²) in [5.74, 6) is 0.116. The van der Waals surface area contributed by atoms with E-state index in [1.165, 1.54) is 12.1 Å². The van der Waals surface area contributed by atoms with Crippen LogP contribution in [-0.4, -0.2) is 62.6 Å². The Morgan fingerprint density at radius 3 is 2.32 bits per heavy atom. The molecule has 0 unspecified atom stereocenters. The van der Waals surface area contributed by atoms with Crippen LogP contribution in [0.15, 0.2) is 89.8 Å². The number of nitrogens with one attached hydrogen (secondary N) is 3. The number of rotatable bonds is 7. The van der Waals surface area contributed by atoms with Crippen molar-refractivity contribution in [1.29, 1.82) is 0 Å². The van der Waals surface area contributed by atoms with Gasteiger partial charge in [-0.3, -0.25) is 14.6 Å². The van der Waals surface area contributed by atoms with Crippen LogP contribution in [0.1, 0.15) is 10.4 Å². The number of H-pyrrole nitrogens is 1. The zero-order chi connectivity index (χ0) is 25.8. The van der Waals surface area contributed by atoms with Crippen molar-refractivity contribution in [3.05, 3.63) is 90.5 Å². The van der Waals surface area contributed by atoms with Gasteiger partial charge in [0.2, 0.25) is 0 Å². The highest BCUT2D eigenvalue weighted by molar-refractivity contribution is 7.92. The maximum absolute atomic E-state index is 12.8. The maximum atomic E-state index is 12.8. The molecule has 2 heterocycles. The Kier molecular flexibility index (Phi) is 8.35. The number of carbonyl (C=O) groups is 1. The highest BCUT2D eigenvalue weighted by atomic mass is 35.5. The lowest BCUT2D eigenvalue weighted by Gasteiger charge is -2.34. The number of carbonyl (C=O) groups excluding carboxylic acids is 1. The van der Waals surface area contributed by atoms with E-state index in [0.717, 1.165) is 37.4 Å². The van der Waals surface area contributed by atoms with E-state index in [1.54, 1.807) is 42.5 Å². The van der Waals surface area contributed by atoms with Crippen molar-refractivity contribution in [2.24, 2.45) is 0 Å². The first-order valence-electron chi connectivity index (χ1n) is 12.0. The van der Waals surface area contributed by atoms with E-state index in [4.69, 9.17) is 0 Å². The number of hydrogen-bond donors (Lipinski definition) is 3. The van der Waals surface area contributed by atoms with Gasteiger partial charge in [0.1, 0.15) is 0 Å². The van der Waals surface area contributed by atoms with E-state index >= 15 is 0 Å². The molecule has 1 fully saturated rings. The molecule has 1 aliphatic heterocycles. The van der Waals surface area contributed by atoms with E-state index in [-0.39, 0.29) is 23.2 Å². The first-order chi connectivity index (χ1) is 17.9. The number of piperazine rings is 1. The first kappa shape index (κ1) is 27.2. The normalized spacial score (nSPS) is 14.0. The zero-order valence-electron chi connectivity index (χ0n) is 20.8. The average Bonchev–Trinajstić information content (AvgIpc) is 3.38. The molecule has 3 N–H and O–H groups in total. The number of nitrogens with zero attached hydrogens (tertiary/aromatic N) is 3. The molecule has 0 radical (unpaired) electrons. The summed E-state index contributed by atoms with van der Waals surface area (Å²) in [6.45, 7) is 3.97. The van der Waals surface area contributed by atoms with Gasteiger partial charge >= 0.3 is 0 Å². The van der Waals surface area contributed by atoms with E-state index in [9.17, 15) is 13.2 Å². The number of likely N-dealkylation sites (N-methyl/N-ethyl adjacent to an activating group) is 1. The van der Waals surface area contributed by atoms with Crippen LogP contribution in [0.2, 0.25) is 0 Å². The molecule has 0 aliphatic carbocycles. The third-order valence-corrected chi connectivity index (χ3v) is 7.69. The second-order valence-electron chi connectivity index (χ2n) is 8.96. The first-order valence-corrected chi connectivity index (χ1v) is 13.4. The monoisotopic (exact) mass is 552 g/mol. The average molecular weight is 553 g/mol. The molecule has 11 heteroatoms. The Balaban J connectivity index is 0.00000336. The van der Waals surface area contributed by atoms with Crippen LogP contribution in [0.5, 0.6) is 0 Å². The Bertz CT molecular complexity index is 1480. The molecule has 4 aromatic rings. The predicted molar refractivity (Wildman–Crippen MR) is 153 cm³/mol. The fraction of sp³-hybridized carbons (Fsp3) is 0.185. The van der Waals surface area contributed by atoms with Gasteiger partial charge in [-0.25, -0.2) is 8.42 Å². The highest BCUT2D eigenvalue weighted by Gasteiger charge is 2.16. The fourth-order valence-electron chi connectivity index (χ4n) is 4.17. The van der Waals surface area contributed by atoms with Crippen LogP contribution in [0.4, 0.5) is 17.2 Å². The molecular formula is C27H29ClN6O3S. The minimum Gasteiger partial charge on any atom is -0.369 e. The highest BCUT2D eigenvalue weighted by Crippen LogP contribution is 2.25. The lowest BCUT2D eigenvalue weighted by Crippen LogP contribution is -2.44. The largest absolute Gasteiger partial charge is 0.369 e. The van der Waals surface area contributed by atoms with Crippen molar-refractivity contribution in [2.45, 2.75) is 4.90 Å². The third kappa shape index (κ3) is 6.34. The molecule has 0 spiro atoms. The van der Waals surface area contributed by atoms with Crippen molar-refractivity contribution in [3.63, 3.8) is 0 Å². The van der Waals surface area contributed by atoms with Gasteiger partial charge in [0.15, 0.2) is 5.82 Å². The maximum Gasteiger partial charge on any atom is 0.261 e. The summed E-state index contributed by atoms with van der Waals surface area (Å²) in [6, 6.07) is 24.4. The van der Waals surface area contributed by atoms with Crippen LogP contribution in [0, 0.1) is 0 Å². The number of hydrogen-bond acceptors (Lipinski definition) is 6. The number of benzene rings is 3.